The molecular weight excluding hydrogens is 318 g/mol. The Kier molecular flexibility index (Phi) is 19.9. The van der Waals surface area contributed by atoms with Crippen LogP contribution in [0.15, 0.2) is 12.2 Å². The van der Waals surface area contributed by atoms with Crippen molar-refractivity contribution in [1.29, 1.82) is 0 Å². The predicted octanol–water partition coefficient (Wildman–Crippen LogP) is 7.67. The van der Waals surface area contributed by atoms with Crippen molar-refractivity contribution >= 4 is 5.91 Å². The van der Waals surface area contributed by atoms with Gasteiger partial charge in [-0.05, 0) is 18.9 Å². The molecule has 1 amide bonds. The fourth-order valence-electron chi connectivity index (χ4n) is 3.32. The van der Waals surface area contributed by atoms with Gasteiger partial charge >= 0.3 is 0 Å². The van der Waals surface area contributed by atoms with Crippen LogP contribution in [0.25, 0.3) is 0 Å². The maximum Gasteiger partial charge on any atom is 0.245 e. The van der Waals surface area contributed by atoms with Gasteiger partial charge in [0.05, 0.1) is 0 Å². The summed E-state index contributed by atoms with van der Waals surface area (Å²) in [5, 5.41) is 0. The number of rotatable bonds is 19. The van der Waals surface area contributed by atoms with Crippen LogP contribution in [-0.2, 0) is 4.79 Å². The largest absolute Gasteiger partial charge is 0.345 e. The lowest BCUT2D eigenvalue weighted by Gasteiger charge is -2.05. The molecule has 0 fully saturated rings. The van der Waals surface area contributed by atoms with Crippen LogP contribution in [0.4, 0.5) is 0 Å². The molecule has 0 aromatic rings. The zero-order valence-corrected chi connectivity index (χ0v) is 18.2. The molecule has 0 aromatic heterocycles. The van der Waals surface area contributed by atoms with E-state index in [2.05, 4.69) is 6.92 Å². The second-order valence-electron chi connectivity index (χ2n) is 8.08. The molecule has 0 rings (SSSR count). The summed E-state index contributed by atoms with van der Waals surface area (Å²) in [6.07, 6.45) is 28.7. The summed E-state index contributed by atoms with van der Waals surface area (Å²) in [6, 6.07) is 0. The van der Waals surface area contributed by atoms with Crippen LogP contribution < -0.4 is 0 Å². The summed E-state index contributed by atoms with van der Waals surface area (Å²) >= 11 is 0. The van der Waals surface area contributed by atoms with Crippen LogP contribution in [0.3, 0.4) is 0 Å². The van der Waals surface area contributed by atoms with Gasteiger partial charge in [0.1, 0.15) is 0 Å². The lowest BCUT2D eigenvalue weighted by molar-refractivity contribution is -0.123. The van der Waals surface area contributed by atoms with E-state index in [9.17, 15) is 4.79 Å². The maximum atomic E-state index is 11.4. The van der Waals surface area contributed by atoms with Crippen molar-refractivity contribution in [3.05, 3.63) is 12.2 Å². The normalized spacial score (nSPS) is 11.3. The van der Waals surface area contributed by atoms with Crippen LogP contribution in [0, 0.1) is 0 Å². The molecule has 2 nitrogen and oxygen atoms in total. The van der Waals surface area contributed by atoms with Crippen molar-refractivity contribution in [2.45, 2.75) is 122 Å². The topological polar surface area (TPSA) is 20.3 Å². The number of unbranched alkanes of at least 4 members (excludes halogenated alkanes) is 17. The fourth-order valence-corrected chi connectivity index (χ4v) is 3.32. The molecule has 0 unspecified atom stereocenters. The number of allylic oxidation sites excluding steroid dienone is 1. The van der Waals surface area contributed by atoms with E-state index >= 15 is 0 Å². The Labute approximate surface area is 164 Å². The van der Waals surface area contributed by atoms with Crippen molar-refractivity contribution < 1.29 is 4.79 Å². The van der Waals surface area contributed by atoms with Crippen molar-refractivity contribution in [3.8, 4) is 0 Å². The van der Waals surface area contributed by atoms with Crippen LogP contribution in [-0.4, -0.2) is 24.9 Å². The second kappa shape index (κ2) is 20.5. The van der Waals surface area contributed by atoms with Gasteiger partial charge in [0.15, 0.2) is 0 Å². The van der Waals surface area contributed by atoms with E-state index in [-0.39, 0.29) is 5.91 Å². The van der Waals surface area contributed by atoms with Gasteiger partial charge in [-0.2, -0.15) is 0 Å². The maximum absolute atomic E-state index is 11.4. The number of carbonyl (C=O) groups excluding carboxylic acids is 1. The molecule has 0 spiro atoms. The first-order valence-electron chi connectivity index (χ1n) is 11.6. The molecule has 0 heterocycles. The Morgan fingerprint density at radius 3 is 1.31 bits per heavy atom. The van der Waals surface area contributed by atoms with E-state index in [1.165, 1.54) is 109 Å². The van der Waals surface area contributed by atoms with Gasteiger partial charge in [0.2, 0.25) is 5.91 Å². The summed E-state index contributed by atoms with van der Waals surface area (Å²) < 4.78 is 0. The average molecular weight is 366 g/mol. The molecule has 0 aliphatic heterocycles. The standard InChI is InChI=1S/C24H47NO/c1-4-5-6-7-8-9-10-11-12-13-14-15-16-17-18-19-20-21-22-23-24(26)25(2)3/h22-23H,4-21H2,1-3H3. The number of hydrogen-bond acceptors (Lipinski definition) is 1. The lowest BCUT2D eigenvalue weighted by Crippen LogP contribution is -2.18. The van der Waals surface area contributed by atoms with E-state index in [1.807, 2.05) is 6.08 Å². The monoisotopic (exact) mass is 365 g/mol. The Bertz CT molecular complexity index is 322. The minimum Gasteiger partial charge on any atom is -0.345 e. The molecule has 0 saturated carbocycles. The van der Waals surface area contributed by atoms with Gasteiger partial charge in [-0.3, -0.25) is 4.79 Å². The number of nitrogens with zero attached hydrogens (tertiary/aromatic N) is 1. The number of amides is 1. The van der Waals surface area contributed by atoms with E-state index in [1.54, 1.807) is 25.1 Å². The Morgan fingerprint density at radius 2 is 0.962 bits per heavy atom. The molecule has 0 aliphatic carbocycles. The molecular formula is C24H47NO. The molecule has 2 heteroatoms. The molecule has 26 heavy (non-hydrogen) atoms. The van der Waals surface area contributed by atoms with Gasteiger partial charge in [0, 0.05) is 14.1 Å². The third-order valence-corrected chi connectivity index (χ3v) is 5.18. The first-order chi connectivity index (χ1) is 12.7. The van der Waals surface area contributed by atoms with E-state index in [4.69, 9.17) is 0 Å². The van der Waals surface area contributed by atoms with Crippen molar-refractivity contribution in [2.75, 3.05) is 14.1 Å². The number of carbonyl (C=O) groups is 1. The smallest absolute Gasteiger partial charge is 0.245 e. The van der Waals surface area contributed by atoms with Crippen LogP contribution in [0.2, 0.25) is 0 Å². The fraction of sp³-hybridized carbons (Fsp3) is 0.875. The summed E-state index contributed by atoms with van der Waals surface area (Å²) in [5.41, 5.74) is 0. The Morgan fingerprint density at radius 1 is 0.615 bits per heavy atom. The molecule has 0 aliphatic rings. The molecule has 0 aromatic carbocycles. The summed E-state index contributed by atoms with van der Waals surface area (Å²) in [7, 11) is 3.59. The SMILES string of the molecule is CCCCCCCCCCCCCCCCCCCC=CC(=O)N(C)C. The zero-order chi connectivity index (χ0) is 19.3. The quantitative estimate of drug-likeness (QED) is 0.170. The van der Waals surface area contributed by atoms with Gasteiger partial charge in [-0.1, -0.05) is 116 Å². The van der Waals surface area contributed by atoms with Crippen molar-refractivity contribution in [3.63, 3.8) is 0 Å². The predicted molar refractivity (Wildman–Crippen MR) is 117 cm³/mol. The van der Waals surface area contributed by atoms with Crippen LogP contribution in [0.5, 0.6) is 0 Å². The van der Waals surface area contributed by atoms with Crippen molar-refractivity contribution in [1.82, 2.24) is 4.90 Å². The highest BCUT2D eigenvalue weighted by atomic mass is 16.2. The van der Waals surface area contributed by atoms with Crippen LogP contribution in [0.1, 0.15) is 122 Å². The Balaban J connectivity index is 3.10. The zero-order valence-electron chi connectivity index (χ0n) is 18.2. The van der Waals surface area contributed by atoms with E-state index in [0.29, 0.717) is 0 Å². The minimum atomic E-state index is 0.0944. The minimum absolute atomic E-state index is 0.0944. The van der Waals surface area contributed by atoms with Crippen molar-refractivity contribution in [2.24, 2.45) is 0 Å². The van der Waals surface area contributed by atoms with E-state index in [0.717, 1.165) is 6.42 Å². The number of likely N-dealkylation sites (N-methyl/N-ethyl adjacent to an activating group) is 1. The Hall–Kier alpha value is -0.790. The second-order valence-corrected chi connectivity index (χ2v) is 8.08. The molecule has 0 radical (unpaired) electrons. The molecule has 0 N–H and O–H groups in total. The molecule has 0 saturated heterocycles. The highest BCUT2D eigenvalue weighted by Crippen LogP contribution is 2.14. The summed E-state index contributed by atoms with van der Waals surface area (Å²) in [6.45, 7) is 2.29. The number of hydrogen-bond donors (Lipinski definition) is 0. The van der Waals surface area contributed by atoms with Gasteiger partial charge in [0.25, 0.3) is 0 Å². The summed E-state index contributed by atoms with van der Waals surface area (Å²) in [5.74, 6) is 0.0944. The van der Waals surface area contributed by atoms with Crippen LogP contribution >= 0.6 is 0 Å². The third-order valence-electron chi connectivity index (χ3n) is 5.18. The molecule has 154 valence electrons. The highest BCUT2D eigenvalue weighted by Gasteiger charge is 1.96. The van der Waals surface area contributed by atoms with E-state index < -0.39 is 0 Å². The third kappa shape index (κ3) is 19.5. The molecule has 0 atom stereocenters. The highest BCUT2D eigenvalue weighted by molar-refractivity contribution is 5.86. The van der Waals surface area contributed by atoms with Gasteiger partial charge in [-0.25, -0.2) is 0 Å². The first-order valence-corrected chi connectivity index (χ1v) is 11.6. The van der Waals surface area contributed by atoms with Gasteiger partial charge < -0.3 is 4.90 Å². The van der Waals surface area contributed by atoms with Gasteiger partial charge in [-0.15, -0.1) is 0 Å². The molecule has 0 bridgehead atoms. The average Bonchev–Trinajstić information content (AvgIpc) is 2.63. The lowest BCUT2D eigenvalue weighted by atomic mass is 10.0. The summed E-state index contributed by atoms with van der Waals surface area (Å²) in [4.78, 5) is 13.0. The first kappa shape index (κ1) is 25.2.